The van der Waals surface area contributed by atoms with Gasteiger partial charge in [0.1, 0.15) is 5.75 Å². The molecule has 0 bridgehead atoms. The zero-order chi connectivity index (χ0) is 15.4. The van der Waals surface area contributed by atoms with Gasteiger partial charge in [0.15, 0.2) is 6.61 Å². The maximum Gasteiger partial charge on any atom is 0.422 e. The van der Waals surface area contributed by atoms with Crippen molar-refractivity contribution >= 4 is 11.6 Å². The Balaban J connectivity index is 2.61. The fourth-order valence-corrected chi connectivity index (χ4v) is 1.19. The Hall–Kier alpha value is -1.76. The van der Waals surface area contributed by atoms with Crippen molar-refractivity contribution in [1.29, 1.82) is 0 Å². The van der Waals surface area contributed by atoms with Gasteiger partial charge in [-0.05, 0) is 38.1 Å². The van der Waals surface area contributed by atoms with Crippen LogP contribution in [0.25, 0.3) is 0 Å². The van der Waals surface area contributed by atoms with Crippen LogP contribution in [0.4, 0.5) is 18.9 Å². The van der Waals surface area contributed by atoms with Crippen molar-refractivity contribution in [3.63, 3.8) is 0 Å². The Bertz CT molecular complexity index is 456. The van der Waals surface area contributed by atoms with Crippen LogP contribution in [0.3, 0.4) is 0 Å². The number of carbonyl (C=O) groups is 1. The van der Waals surface area contributed by atoms with Crippen molar-refractivity contribution in [3.05, 3.63) is 24.3 Å². The smallest absolute Gasteiger partial charge is 0.422 e. The number of benzene rings is 1. The number of carbonyl (C=O) groups excluding carboxylic acids is 1. The molecule has 0 radical (unpaired) electrons. The van der Waals surface area contributed by atoms with E-state index in [0.29, 0.717) is 5.69 Å². The molecule has 112 valence electrons. The summed E-state index contributed by atoms with van der Waals surface area (Å²) in [5.74, 6) is -0.178. The summed E-state index contributed by atoms with van der Waals surface area (Å²) in [7, 11) is 0. The summed E-state index contributed by atoms with van der Waals surface area (Å²) in [4.78, 5) is 11.8. The van der Waals surface area contributed by atoms with Gasteiger partial charge >= 0.3 is 6.18 Å². The van der Waals surface area contributed by atoms with E-state index >= 15 is 0 Å². The van der Waals surface area contributed by atoms with E-state index < -0.39 is 18.2 Å². The number of rotatable bonds is 5. The molecule has 1 amide bonds. The van der Waals surface area contributed by atoms with E-state index in [2.05, 4.69) is 10.1 Å². The van der Waals surface area contributed by atoms with Crippen LogP contribution in [0.2, 0.25) is 0 Å². The van der Waals surface area contributed by atoms with Crippen molar-refractivity contribution < 1.29 is 22.7 Å². The number of hydrogen-bond acceptors (Lipinski definition) is 3. The van der Waals surface area contributed by atoms with Crippen LogP contribution in [0, 0.1) is 5.41 Å². The molecule has 0 spiro atoms. The number of alkyl halides is 3. The van der Waals surface area contributed by atoms with Crippen molar-refractivity contribution in [1.82, 2.24) is 0 Å². The number of hydrogen-bond donors (Lipinski definition) is 2. The summed E-state index contributed by atoms with van der Waals surface area (Å²) in [5.41, 5.74) is 5.23. The quantitative estimate of drug-likeness (QED) is 0.876. The van der Waals surface area contributed by atoms with E-state index in [1.165, 1.54) is 24.3 Å². The van der Waals surface area contributed by atoms with Crippen LogP contribution in [0.5, 0.6) is 5.75 Å². The highest BCUT2D eigenvalue weighted by Gasteiger charge is 2.28. The normalized spacial score (nSPS) is 12.1. The number of halogens is 3. The van der Waals surface area contributed by atoms with Crippen molar-refractivity contribution in [2.24, 2.45) is 11.1 Å². The standard InChI is InChI=1S/C13H17F3N2O2/c1-12(2,7-17)11(19)18-9-3-5-10(6-4-9)20-8-13(14,15)16/h3-6H,7-8,17H2,1-2H3,(H,18,19). The zero-order valence-electron chi connectivity index (χ0n) is 11.3. The van der Waals surface area contributed by atoms with E-state index in [0.717, 1.165) is 0 Å². The number of nitrogens with two attached hydrogens (primary N) is 1. The van der Waals surface area contributed by atoms with E-state index in [1.807, 2.05) is 0 Å². The zero-order valence-corrected chi connectivity index (χ0v) is 11.3. The number of ether oxygens (including phenoxy) is 1. The average Bonchev–Trinajstić information content (AvgIpc) is 2.37. The third-order valence-corrected chi connectivity index (χ3v) is 2.64. The van der Waals surface area contributed by atoms with Gasteiger partial charge in [0, 0.05) is 12.2 Å². The SMILES string of the molecule is CC(C)(CN)C(=O)Nc1ccc(OCC(F)(F)F)cc1. The lowest BCUT2D eigenvalue weighted by molar-refractivity contribution is -0.153. The molecule has 0 saturated carbocycles. The summed E-state index contributed by atoms with van der Waals surface area (Å²) in [6, 6.07) is 5.65. The minimum absolute atomic E-state index is 0.0819. The number of anilines is 1. The van der Waals surface area contributed by atoms with Crippen LogP contribution < -0.4 is 15.8 Å². The molecule has 0 atom stereocenters. The van der Waals surface area contributed by atoms with Gasteiger partial charge in [0.25, 0.3) is 0 Å². The first-order chi connectivity index (χ1) is 9.14. The Morgan fingerprint density at radius 3 is 2.25 bits per heavy atom. The van der Waals surface area contributed by atoms with E-state index in [4.69, 9.17) is 5.73 Å². The fraction of sp³-hybridized carbons (Fsp3) is 0.462. The largest absolute Gasteiger partial charge is 0.484 e. The predicted octanol–water partition coefficient (Wildman–Crippen LogP) is 2.55. The Labute approximate surface area is 115 Å². The molecule has 4 nitrogen and oxygen atoms in total. The lowest BCUT2D eigenvalue weighted by Gasteiger charge is -2.21. The molecular formula is C13H17F3N2O2. The summed E-state index contributed by atoms with van der Waals surface area (Å²) >= 11 is 0. The summed E-state index contributed by atoms with van der Waals surface area (Å²) in [6.07, 6.45) is -4.38. The van der Waals surface area contributed by atoms with E-state index in [9.17, 15) is 18.0 Å². The molecule has 1 aromatic carbocycles. The van der Waals surface area contributed by atoms with Crippen molar-refractivity contribution in [2.45, 2.75) is 20.0 Å². The number of amides is 1. The van der Waals surface area contributed by atoms with Crippen LogP contribution in [0.1, 0.15) is 13.8 Å². The van der Waals surface area contributed by atoms with Gasteiger partial charge < -0.3 is 15.8 Å². The molecule has 20 heavy (non-hydrogen) atoms. The molecule has 0 unspecified atom stereocenters. The maximum atomic E-state index is 12.0. The van der Waals surface area contributed by atoms with Gasteiger partial charge in [-0.1, -0.05) is 0 Å². The third kappa shape index (κ3) is 5.08. The van der Waals surface area contributed by atoms with Crippen LogP contribution in [-0.4, -0.2) is 25.2 Å². The van der Waals surface area contributed by atoms with E-state index in [-0.39, 0.29) is 18.2 Å². The molecule has 7 heteroatoms. The summed E-state index contributed by atoms with van der Waals surface area (Å²) < 4.78 is 40.5. The highest BCUT2D eigenvalue weighted by atomic mass is 19.4. The van der Waals surface area contributed by atoms with Crippen molar-refractivity contribution in [3.8, 4) is 5.75 Å². The molecule has 0 aliphatic carbocycles. The molecule has 0 fully saturated rings. The second-order valence-electron chi connectivity index (χ2n) is 4.97. The lowest BCUT2D eigenvalue weighted by Crippen LogP contribution is -2.37. The minimum Gasteiger partial charge on any atom is -0.484 e. The van der Waals surface area contributed by atoms with Crippen LogP contribution in [0.15, 0.2) is 24.3 Å². The van der Waals surface area contributed by atoms with Gasteiger partial charge in [-0.2, -0.15) is 13.2 Å². The first-order valence-electron chi connectivity index (χ1n) is 5.95. The number of nitrogens with one attached hydrogen (secondary N) is 1. The van der Waals surface area contributed by atoms with Crippen molar-refractivity contribution in [2.75, 3.05) is 18.5 Å². The Kier molecular flexibility index (Phi) is 4.99. The second-order valence-corrected chi connectivity index (χ2v) is 4.97. The second kappa shape index (κ2) is 6.13. The van der Waals surface area contributed by atoms with Gasteiger partial charge in [-0.15, -0.1) is 0 Å². The summed E-state index contributed by atoms with van der Waals surface area (Å²) in [5, 5.41) is 2.64. The van der Waals surface area contributed by atoms with E-state index in [1.54, 1.807) is 13.8 Å². The van der Waals surface area contributed by atoms with Gasteiger partial charge in [0.05, 0.1) is 5.41 Å². The molecule has 3 N–H and O–H groups in total. The third-order valence-electron chi connectivity index (χ3n) is 2.64. The minimum atomic E-state index is -4.38. The maximum absolute atomic E-state index is 12.0. The topological polar surface area (TPSA) is 64.4 Å². The summed E-state index contributed by atoms with van der Waals surface area (Å²) in [6.45, 7) is 2.23. The Morgan fingerprint density at radius 2 is 1.80 bits per heavy atom. The van der Waals surface area contributed by atoms with Crippen LogP contribution in [-0.2, 0) is 4.79 Å². The highest BCUT2D eigenvalue weighted by Crippen LogP contribution is 2.22. The average molecular weight is 290 g/mol. The first kappa shape index (κ1) is 16.3. The molecule has 0 aliphatic rings. The van der Waals surface area contributed by atoms with Gasteiger partial charge in [-0.25, -0.2) is 0 Å². The Morgan fingerprint density at radius 1 is 1.25 bits per heavy atom. The molecule has 1 rings (SSSR count). The lowest BCUT2D eigenvalue weighted by atomic mass is 9.92. The van der Waals surface area contributed by atoms with Gasteiger partial charge in [0.2, 0.25) is 5.91 Å². The van der Waals surface area contributed by atoms with Gasteiger partial charge in [-0.3, -0.25) is 4.79 Å². The molecule has 0 aliphatic heterocycles. The first-order valence-corrected chi connectivity index (χ1v) is 5.95. The molecule has 0 aromatic heterocycles. The monoisotopic (exact) mass is 290 g/mol. The molecule has 1 aromatic rings. The highest BCUT2D eigenvalue weighted by molar-refractivity contribution is 5.94. The molecule has 0 heterocycles. The molecule has 0 saturated heterocycles. The predicted molar refractivity (Wildman–Crippen MR) is 69.5 cm³/mol. The van der Waals surface area contributed by atoms with Crippen LogP contribution >= 0.6 is 0 Å². The fourth-order valence-electron chi connectivity index (χ4n) is 1.19. The molecular weight excluding hydrogens is 273 g/mol.